The van der Waals surface area contributed by atoms with Crippen molar-refractivity contribution < 1.29 is 19.5 Å². The molecule has 110 valence electrons. The largest absolute Gasteiger partial charge is 0.361 e. The van der Waals surface area contributed by atoms with E-state index in [2.05, 4.69) is 0 Å². The lowest BCUT2D eigenvalue weighted by atomic mass is 10.1. The quantitative estimate of drug-likeness (QED) is 0.846. The third-order valence-electron chi connectivity index (χ3n) is 2.55. The second-order valence-corrected chi connectivity index (χ2v) is 6.32. The molecule has 0 aliphatic rings. The van der Waals surface area contributed by atoms with Gasteiger partial charge in [-0.15, -0.1) is 0 Å². The zero-order valence-electron chi connectivity index (χ0n) is 19.5. The Kier molecular flexibility index (Phi) is 2.26. The van der Waals surface area contributed by atoms with E-state index in [9.17, 15) is 8.42 Å². The summed E-state index contributed by atoms with van der Waals surface area (Å²) in [6, 6.07) is -1.70. The summed E-state index contributed by atoms with van der Waals surface area (Å²) in [4.78, 5) is 2.02. The van der Waals surface area contributed by atoms with Gasteiger partial charge in [0.1, 0.15) is 1.41 Å². The zero-order chi connectivity index (χ0) is 21.8. The number of hydrogen-bond acceptors (Lipinski definition) is 3. The summed E-state index contributed by atoms with van der Waals surface area (Å²) in [7, 11) is 0.0279. The molecule has 5 nitrogen and oxygen atoms in total. The molecular weight excluding hydrogens is 274 g/mol. The van der Waals surface area contributed by atoms with E-state index in [1.54, 1.807) is 14.1 Å². The van der Waals surface area contributed by atoms with Gasteiger partial charge in [-0.05, 0) is 50.7 Å². The molecule has 0 radical (unpaired) electrons. The number of H-pyrrole nitrogens is 1. The molecule has 0 fully saturated rings. The summed E-state index contributed by atoms with van der Waals surface area (Å²) in [5.74, 6) is -0.890. The molecule has 0 unspecified atom stereocenters. The molecular formula is C14H21N3O2S. The minimum Gasteiger partial charge on any atom is -0.361 e. The Balaban J connectivity index is 2.94. The molecule has 2 N–H and O–H groups in total. The van der Waals surface area contributed by atoms with E-state index < -0.39 is 46.4 Å². The summed E-state index contributed by atoms with van der Waals surface area (Å²) in [5.41, 5.74) is -0.968. The third-order valence-corrected chi connectivity index (χ3v) is 3.76. The van der Waals surface area contributed by atoms with Crippen LogP contribution < -0.4 is 4.72 Å². The topological polar surface area (TPSA) is 65.2 Å². The molecule has 1 heterocycles. The van der Waals surface area contributed by atoms with E-state index in [0.717, 1.165) is 7.05 Å². The van der Waals surface area contributed by atoms with Crippen LogP contribution >= 0.6 is 0 Å². The maximum Gasteiger partial charge on any atom is 0.215 e. The number of benzene rings is 1. The van der Waals surface area contributed by atoms with Gasteiger partial charge in [-0.3, -0.25) is 0 Å². The summed E-state index contributed by atoms with van der Waals surface area (Å²) in [6.45, 7) is -0.170. The van der Waals surface area contributed by atoms with Gasteiger partial charge < -0.3 is 9.88 Å². The van der Waals surface area contributed by atoms with E-state index >= 15 is 0 Å². The third kappa shape index (κ3) is 3.59. The lowest BCUT2D eigenvalue weighted by Crippen LogP contribution is -2.20. The summed E-state index contributed by atoms with van der Waals surface area (Å²) in [6.07, 6.45) is -2.74. The van der Waals surface area contributed by atoms with Crippen LogP contribution in [0.15, 0.2) is 24.3 Å². The van der Waals surface area contributed by atoms with Gasteiger partial charge in [0, 0.05) is 26.4 Å². The number of aromatic nitrogens is 1. The van der Waals surface area contributed by atoms with Gasteiger partial charge in [0.05, 0.1) is 11.2 Å². The highest BCUT2D eigenvalue weighted by Gasteiger charge is 2.11. The SMILES string of the molecule is [2H]c1c(CS(=O)(=O)N([2H])C)c([2H])c2c(C([2H])([2H])CN(C)C)c([2H])n([2H])c2c1[2H]. The van der Waals surface area contributed by atoms with Crippen LogP contribution in [0.5, 0.6) is 0 Å². The summed E-state index contributed by atoms with van der Waals surface area (Å²) in [5, 5.41) is -0.231. The number of sulfonamides is 1. The van der Waals surface area contributed by atoms with Crippen LogP contribution in [-0.4, -0.2) is 46.0 Å². The van der Waals surface area contributed by atoms with Crippen LogP contribution in [0.3, 0.4) is 0 Å². The Bertz CT molecular complexity index is 1030. The molecule has 2 rings (SSSR count). The van der Waals surface area contributed by atoms with Gasteiger partial charge in [0.25, 0.3) is 0 Å². The summed E-state index contributed by atoms with van der Waals surface area (Å²) >= 11 is 0. The molecule has 0 aliphatic heterocycles. The highest BCUT2D eigenvalue weighted by molar-refractivity contribution is 7.88. The fourth-order valence-electron chi connectivity index (χ4n) is 1.56. The first-order chi connectivity index (χ1) is 12.6. The molecule has 0 spiro atoms. The minimum absolute atomic E-state index is 0.170. The van der Waals surface area contributed by atoms with Crippen molar-refractivity contribution in [3.05, 3.63) is 35.4 Å². The van der Waals surface area contributed by atoms with Crippen LogP contribution in [0.2, 0.25) is 2.82 Å². The minimum atomic E-state index is -4.18. The number of nitrogens with one attached hydrogen (secondary N) is 2. The molecule has 0 saturated heterocycles. The Morgan fingerprint density at radius 1 is 1.55 bits per heavy atom. The fraction of sp³-hybridized carbons (Fsp3) is 0.429. The van der Waals surface area contributed by atoms with Crippen molar-refractivity contribution in [1.29, 1.82) is 0 Å². The monoisotopic (exact) mass is 303 g/mol. The first-order valence-electron chi connectivity index (χ1n) is 9.76. The van der Waals surface area contributed by atoms with E-state index in [1.165, 1.54) is 4.90 Å². The number of likely N-dealkylation sites (N-methyl/N-ethyl adjacent to an activating group) is 1. The van der Waals surface area contributed by atoms with Gasteiger partial charge in [-0.1, -0.05) is 6.04 Å². The first kappa shape index (κ1) is 7.59. The molecule has 0 saturated carbocycles. The van der Waals surface area contributed by atoms with E-state index in [-0.39, 0.29) is 33.3 Å². The van der Waals surface area contributed by atoms with Gasteiger partial charge in [-0.2, -0.15) is 0 Å². The van der Waals surface area contributed by atoms with E-state index in [4.69, 9.17) is 11.0 Å². The van der Waals surface area contributed by atoms with Crippen molar-refractivity contribution in [1.82, 2.24) is 14.6 Å². The normalized spacial score (nSPS) is 19.1. The molecule has 1 aromatic heterocycles. The Hall–Kier alpha value is -1.37. The molecule has 2 aromatic rings. The zero-order valence-corrected chi connectivity index (χ0v) is 12.3. The van der Waals surface area contributed by atoms with Crippen molar-refractivity contribution >= 4 is 20.9 Å². The highest BCUT2D eigenvalue weighted by Crippen LogP contribution is 2.21. The molecule has 0 aliphatic carbocycles. The molecule has 0 bridgehead atoms. The number of fused-ring (bicyclic) bond motifs is 1. The van der Waals surface area contributed by atoms with Crippen molar-refractivity contribution in [3.8, 4) is 0 Å². The van der Waals surface area contributed by atoms with Crippen molar-refractivity contribution in [2.45, 2.75) is 12.1 Å². The maximum atomic E-state index is 12.1. The fourth-order valence-corrected chi connectivity index (χ4v) is 2.19. The Morgan fingerprint density at radius 3 is 2.95 bits per heavy atom. The molecule has 1 aromatic carbocycles. The number of aromatic amines is 1. The molecule has 0 atom stereocenters. The predicted molar refractivity (Wildman–Crippen MR) is 82.2 cm³/mol. The average molecular weight is 303 g/mol. The van der Waals surface area contributed by atoms with Gasteiger partial charge in [0.15, 0.2) is 1.41 Å². The number of rotatable bonds is 6. The second kappa shape index (κ2) is 5.95. The van der Waals surface area contributed by atoms with E-state index in [1.807, 2.05) is 0 Å². The predicted octanol–water partition coefficient (Wildman–Crippen LogP) is 1.32. The lowest BCUT2D eigenvalue weighted by Gasteiger charge is -2.08. The number of hydrogen-bond donors (Lipinski definition) is 2. The Labute approximate surface area is 131 Å². The van der Waals surface area contributed by atoms with Crippen LogP contribution in [-0.2, 0) is 22.1 Å². The van der Waals surface area contributed by atoms with Crippen LogP contribution in [0.25, 0.3) is 10.9 Å². The number of nitrogens with zero attached hydrogens (tertiary/aromatic N) is 1. The van der Waals surface area contributed by atoms with Crippen LogP contribution in [0, 0.1) is 0 Å². The van der Waals surface area contributed by atoms with Gasteiger partial charge in [0.2, 0.25) is 10.0 Å². The first-order valence-corrected chi connectivity index (χ1v) is 7.48. The molecule has 20 heavy (non-hydrogen) atoms. The molecule has 6 heteroatoms. The van der Waals surface area contributed by atoms with Gasteiger partial charge in [-0.25, -0.2) is 13.1 Å². The maximum absolute atomic E-state index is 12.1. The van der Waals surface area contributed by atoms with Crippen LogP contribution in [0.4, 0.5) is 0 Å². The second-order valence-electron chi connectivity index (χ2n) is 4.50. The molecule has 0 amide bonds. The Morgan fingerprint density at radius 2 is 2.30 bits per heavy atom. The lowest BCUT2D eigenvalue weighted by molar-refractivity contribution is 0.414. The van der Waals surface area contributed by atoms with Crippen LogP contribution in [0.1, 0.15) is 19.4 Å². The standard InChI is InChI=1S/C14H21N3O2S/c1-15-20(18,19)10-11-4-5-14-13(8-11)12(9-16-14)6-7-17(2)3/h4-5,8-9,15-16H,6-7,10H2,1-3H3/i4D,5D,6D2,8D,9D/hD2. The highest BCUT2D eigenvalue weighted by atomic mass is 32.2. The van der Waals surface area contributed by atoms with Crippen molar-refractivity contribution in [3.63, 3.8) is 0 Å². The smallest absolute Gasteiger partial charge is 0.215 e. The van der Waals surface area contributed by atoms with Crippen molar-refractivity contribution in [2.75, 3.05) is 27.7 Å². The van der Waals surface area contributed by atoms with Crippen molar-refractivity contribution in [2.24, 2.45) is 0 Å². The average Bonchev–Trinajstić information content (AvgIpc) is 2.81. The summed E-state index contributed by atoms with van der Waals surface area (Å²) < 4.78 is 89.2. The van der Waals surface area contributed by atoms with E-state index in [0.29, 0.717) is 4.98 Å². The van der Waals surface area contributed by atoms with Gasteiger partial charge >= 0.3 is 0 Å².